The number of nitrogens with one attached hydrogen (secondary N) is 1. The number of benzene rings is 2. The standard InChI is InChI=1S/C16H21N3O/c1-10-7-12(8-11(2)16(10)20)18-15-6-5-13(19(3)4)9-14(15)17/h5-9,18,20H,17H2,1-4H3. The lowest BCUT2D eigenvalue weighted by atomic mass is 10.1. The largest absolute Gasteiger partial charge is 0.507 e. The van der Waals surface area contributed by atoms with Crippen LogP contribution >= 0.6 is 0 Å². The van der Waals surface area contributed by atoms with Gasteiger partial charge in [0.15, 0.2) is 0 Å². The molecule has 0 aliphatic carbocycles. The second kappa shape index (κ2) is 5.33. The summed E-state index contributed by atoms with van der Waals surface area (Å²) in [6.07, 6.45) is 0. The molecule has 0 atom stereocenters. The third-order valence-corrected chi connectivity index (χ3v) is 3.32. The maximum atomic E-state index is 9.79. The minimum atomic E-state index is 0.339. The third-order valence-electron chi connectivity index (χ3n) is 3.32. The van der Waals surface area contributed by atoms with Crippen molar-refractivity contribution < 1.29 is 5.11 Å². The summed E-state index contributed by atoms with van der Waals surface area (Å²) in [5, 5.41) is 13.1. The van der Waals surface area contributed by atoms with Gasteiger partial charge >= 0.3 is 0 Å². The smallest absolute Gasteiger partial charge is 0.121 e. The molecule has 0 aliphatic rings. The molecule has 0 unspecified atom stereocenters. The first-order valence-electron chi connectivity index (χ1n) is 6.52. The summed E-state index contributed by atoms with van der Waals surface area (Å²) in [5.41, 5.74) is 11.3. The molecule has 0 heterocycles. The summed E-state index contributed by atoms with van der Waals surface area (Å²) in [5.74, 6) is 0.339. The third kappa shape index (κ3) is 2.79. The molecule has 0 radical (unpaired) electrons. The monoisotopic (exact) mass is 271 g/mol. The fourth-order valence-corrected chi connectivity index (χ4v) is 2.13. The van der Waals surface area contributed by atoms with Gasteiger partial charge in [0.05, 0.1) is 11.4 Å². The lowest BCUT2D eigenvalue weighted by molar-refractivity contribution is 0.467. The van der Waals surface area contributed by atoms with E-state index in [-0.39, 0.29) is 0 Å². The predicted molar refractivity (Wildman–Crippen MR) is 86.0 cm³/mol. The van der Waals surface area contributed by atoms with Crippen molar-refractivity contribution in [2.45, 2.75) is 13.8 Å². The first-order chi connectivity index (χ1) is 9.38. The molecule has 0 saturated heterocycles. The van der Waals surface area contributed by atoms with E-state index in [1.54, 1.807) is 0 Å². The van der Waals surface area contributed by atoms with Gasteiger partial charge in [-0.1, -0.05) is 0 Å². The van der Waals surface area contributed by atoms with Gasteiger partial charge in [-0.3, -0.25) is 0 Å². The molecule has 0 amide bonds. The van der Waals surface area contributed by atoms with E-state index in [0.717, 1.165) is 28.2 Å². The van der Waals surface area contributed by atoms with Gasteiger partial charge in [-0.2, -0.15) is 0 Å². The zero-order chi connectivity index (χ0) is 14.9. The summed E-state index contributed by atoms with van der Waals surface area (Å²) in [6, 6.07) is 9.72. The molecule has 20 heavy (non-hydrogen) atoms. The second-order valence-corrected chi connectivity index (χ2v) is 5.25. The van der Waals surface area contributed by atoms with Gasteiger partial charge in [-0.25, -0.2) is 0 Å². The Morgan fingerprint density at radius 3 is 2.15 bits per heavy atom. The second-order valence-electron chi connectivity index (χ2n) is 5.25. The van der Waals surface area contributed by atoms with E-state index in [4.69, 9.17) is 5.73 Å². The van der Waals surface area contributed by atoms with E-state index in [0.29, 0.717) is 11.4 Å². The Labute approximate surface area is 119 Å². The fourth-order valence-electron chi connectivity index (χ4n) is 2.13. The van der Waals surface area contributed by atoms with Crippen LogP contribution < -0.4 is 16.0 Å². The van der Waals surface area contributed by atoms with Crippen LogP contribution in [-0.2, 0) is 0 Å². The van der Waals surface area contributed by atoms with Crippen molar-refractivity contribution in [2.75, 3.05) is 30.0 Å². The van der Waals surface area contributed by atoms with E-state index in [1.807, 2.05) is 63.2 Å². The molecule has 2 rings (SSSR count). The molecular formula is C16H21N3O. The Hall–Kier alpha value is -2.36. The van der Waals surface area contributed by atoms with Gasteiger partial charge in [0.25, 0.3) is 0 Å². The number of anilines is 4. The first-order valence-corrected chi connectivity index (χ1v) is 6.52. The average molecular weight is 271 g/mol. The Balaban J connectivity index is 2.31. The highest BCUT2D eigenvalue weighted by Gasteiger charge is 2.06. The molecule has 0 fully saturated rings. The lowest BCUT2D eigenvalue weighted by Crippen LogP contribution is -2.09. The van der Waals surface area contributed by atoms with Crippen LogP contribution in [0.3, 0.4) is 0 Å². The molecule has 0 bridgehead atoms. The summed E-state index contributed by atoms with van der Waals surface area (Å²) >= 11 is 0. The summed E-state index contributed by atoms with van der Waals surface area (Å²) in [7, 11) is 3.96. The first kappa shape index (κ1) is 14.1. The highest BCUT2D eigenvalue weighted by molar-refractivity contribution is 5.77. The maximum absolute atomic E-state index is 9.79. The number of nitrogens with zero attached hydrogens (tertiary/aromatic N) is 1. The summed E-state index contributed by atoms with van der Waals surface area (Å²) < 4.78 is 0. The highest BCUT2D eigenvalue weighted by atomic mass is 16.3. The number of aromatic hydroxyl groups is 1. The molecule has 106 valence electrons. The molecule has 4 heteroatoms. The number of phenolic OH excluding ortho intramolecular Hbond substituents is 1. The zero-order valence-electron chi connectivity index (χ0n) is 12.4. The molecule has 0 saturated carbocycles. The van der Waals surface area contributed by atoms with Crippen molar-refractivity contribution in [3.8, 4) is 5.75 Å². The van der Waals surface area contributed by atoms with Gasteiger partial charge in [0, 0.05) is 25.5 Å². The molecule has 0 aliphatic heterocycles. The van der Waals surface area contributed by atoms with Crippen LogP contribution in [0.4, 0.5) is 22.7 Å². The van der Waals surface area contributed by atoms with Gasteiger partial charge in [0.2, 0.25) is 0 Å². The van der Waals surface area contributed by atoms with E-state index >= 15 is 0 Å². The number of nitrogen functional groups attached to an aromatic ring is 1. The van der Waals surface area contributed by atoms with Gasteiger partial charge in [-0.15, -0.1) is 0 Å². The topological polar surface area (TPSA) is 61.5 Å². The summed E-state index contributed by atoms with van der Waals surface area (Å²) in [4.78, 5) is 2.01. The van der Waals surface area contributed by atoms with E-state index in [2.05, 4.69) is 5.32 Å². The van der Waals surface area contributed by atoms with Crippen LogP contribution in [0, 0.1) is 13.8 Å². The molecule has 4 N–H and O–H groups in total. The summed E-state index contributed by atoms with van der Waals surface area (Å²) in [6.45, 7) is 3.76. The SMILES string of the molecule is Cc1cc(Nc2ccc(N(C)C)cc2N)cc(C)c1O. The minimum absolute atomic E-state index is 0.339. The van der Waals surface area contributed by atoms with Crippen molar-refractivity contribution in [1.82, 2.24) is 0 Å². The average Bonchev–Trinajstić information content (AvgIpc) is 2.38. The van der Waals surface area contributed by atoms with Crippen molar-refractivity contribution in [2.24, 2.45) is 0 Å². The normalized spacial score (nSPS) is 10.4. The maximum Gasteiger partial charge on any atom is 0.121 e. The van der Waals surface area contributed by atoms with Crippen molar-refractivity contribution in [3.05, 3.63) is 41.5 Å². The number of rotatable bonds is 3. The Kier molecular flexibility index (Phi) is 3.74. The van der Waals surface area contributed by atoms with E-state index < -0.39 is 0 Å². The van der Waals surface area contributed by atoms with Crippen molar-refractivity contribution in [1.29, 1.82) is 0 Å². The minimum Gasteiger partial charge on any atom is -0.507 e. The Morgan fingerprint density at radius 2 is 1.65 bits per heavy atom. The van der Waals surface area contributed by atoms with Crippen LogP contribution in [-0.4, -0.2) is 19.2 Å². The van der Waals surface area contributed by atoms with Gasteiger partial charge in [-0.05, 0) is 55.3 Å². The van der Waals surface area contributed by atoms with Gasteiger partial charge < -0.3 is 21.1 Å². The Morgan fingerprint density at radius 1 is 1.05 bits per heavy atom. The van der Waals surface area contributed by atoms with Gasteiger partial charge in [0.1, 0.15) is 5.75 Å². The van der Waals surface area contributed by atoms with Crippen LogP contribution in [0.2, 0.25) is 0 Å². The number of hydrogen-bond acceptors (Lipinski definition) is 4. The van der Waals surface area contributed by atoms with Crippen LogP contribution in [0.5, 0.6) is 5.75 Å². The number of aryl methyl sites for hydroxylation is 2. The number of nitrogens with two attached hydrogens (primary N) is 1. The molecule has 0 aromatic heterocycles. The van der Waals surface area contributed by atoms with Crippen molar-refractivity contribution in [3.63, 3.8) is 0 Å². The molecular weight excluding hydrogens is 250 g/mol. The van der Waals surface area contributed by atoms with E-state index in [9.17, 15) is 5.11 Å². The fraction of sp³-hybridized carbons (Fsp3) is 0.250. The quantitative estimate of drug-likeness (QED) is 0.591. The number of phenols is 1. The van der Waals surface area contributed by atoms with Crippen molar-refractivity contribution >= 4 is 22.7 Å². The van der Waals surface area contributed by atoms with Crippen LogP contribution in [0.25, 0.3) is 0 Å². The lowest BCUT2D eigenvalue weighted by Gasteiger charge is -2.16. The van der Waals surface area contributed by atoms with E-state index in [1.165, 1.54) is 0 Å². The predicted octanol–water partition coefficient (Wildman–Crippen LogP) is 3.40. The molecule has 2 aromatic carbocycles. The van der Waals surface area contributed by atoms with Crippen LogP contribution in [0.15, 0.2) is 30.3 Å². The Bertz CT molecular complexity index is 613. The zero-order valence-corrected chi connectivity index (χ0v) is 12.4. The van der Waals surface area contributed by atoms with Crippen LogP contribution in [0.1, 0.15) is 11.1 Å². The number of hydrogen-bond donors (Lipinski definition) is 3. The highest BCUT2D eigenvalue weighted by Crippen LogP contribution is 2.31. The molecule has 4 nitrogen and oxygen atoms in total. The molecule has 0 spiro atoms. The molecule has 2 aromatic rings.